The maximum atomic E-state index is 13.7. The Morgan fingerprint density at radius 2 is 1.17 bits per heavy atom. The summed E-state index contributed by atoms with van der Waals surface area (Å²) in [6.45, 7) is 27.3. The molecule has 0 amide bonds. The molecule has 0 fully saturated rings. The Kier molecular flexibility index (Phi) is 11.5. The van der Waals surface area contributed by atoms with E-state index in [1.807, 2.05) is 32.8 Å². The molecular weight excluding hydrogens is 440 g/mol. The molecule has 0 aliphatic heterocycles. The maximum absolute atomic E-state index is 13.7. The SMILES string of the molecule is CN(C)CCOC(=O)C(C)(CC(C)(C)C(C)(C)C(C)(CC(C)(C)C)C(=O)OCCCN)C(C)(C)C. The van der Waals surface area contributed by atoms with Gasteiger partial charge in [0.1, 0.15) is 6.61 Å². The largest absolute Gasteiger partial charge is 0.465 e. The van der Waals surface area contributed by atoms with Crippen LogP contribution in [0.25, 0.3) is 0 Å². The molecule has 0 aliphatic carbocycles. The van der Waals surface area contributed by atoms with Gasteiger partial charge in [0.2, 0.25) is 0 Å². The van der Waals surface area contributed by atoms with Gasteiger partial charge in [-0.1, -0.05) is 69.2 Å². The van der Waals surface area contributed by atoms with Crippen LogP contribution in [-0.2, 0) is 19.1 Å². The highest BCUT2D eigenvalue weighted by molar-refractivity contribution is 5.79. The van der Waals surface area contributed by atoms with Gasteiger partial charge in [0, 0.05) is 6.54 Å². The van der Waals surface area contributed by atoms with Crippen LogP contribution >= 0.6 is 0 Å². The summed E-state index contributed by atoms with van der Waals surface area (Å²) in [4.78, 5) is 29.2. The Morgan fingerprint density at radius 3 is 1.57 bits per heavy atom. The molecule has 208 valence electrons. The number of hydrogen-bond acceptors (Lipinski definition) is 6. The first kappa shape index (κ1) is 33.9. The molecule has 0 saturated carbocycles. The number of carbonyl (C=O) groups is 2. The van der Waals surface area contributed by atoms with Gasteiger partial charge in [0.25, 0.3) is 0 Å². The maximum Gasteiger partial charge on any atom is 0.312 e. The molecule has 2 atom stereocenters. The van der Waals surface area contributed by atoms with Gasteiger partial charge in [-0.3, -0.25) is 9.59 Å². The lowest BCUT2D eigenvalue weighted by atomic mass is 9.47. The van der Waals surface area contributed by atoms with Crippen molar-refractivity contribution in [2.75, 3.05) is 40.4 Å². The number of nitrogens with two attached hydrogens (primary N) is 1. The second-order valence-corrected chi connectivity index (χ2v) is 14.6. The van der Waals surface area contributed by atoms with Crippen LogP contribution in [0.5, 0.6) is 0 Å². The second kappa shape index (κ2) is 11.9. The average molecular weight is 499 g/mol. The number of ether oxygens (including phenoxy) is 2. The van der Waals surface area contributed by atoms with Crippen molar-refractivity contribution < 1.29 is 19.1 Å². The highest BCUT2D eigenvalue weighted by Crippen LogP contribution is 2.61. The normalized spacial score (nSPS) is 17.0. The van der Waals surface area contributed by atoms with E-state index in [-0.39, 0.29) is 22.8 Å². The third-order valence-corrected chi connectivity index (χ3v) is 8.66. The molecule has 0 aliphatic rings. The molecule has 35 heavy (non-hydrogen) atoms. The smallest absolute Gasteiger partial charge is 0.312 e. The molecule has 6 heteroatoms. The van der Waals surface area contributed by atoms with Gasteiger partial charge in [0.05, 0.1) is 17.4 Å². The van der Waals surface area contributed by atoms with Gasteiger partial charge in [0.15, 0.2) is 0 Å². The average Bonchev–Trinajstić information content (AvgIpc) is 2.64. The van der Waals surface area contributed by atoms with Gasteiger partial charge in [-0.15, -0.1) is 0 Å². The Hall–Kier alpha value is -1.14. The Balaban J connectivity index is 6.38. The molecule has 0 aromatic heterocycles. The number of rotatable bonds is 13. The summed E-state index contributed by atoms with van der Waals surface area (Å²) in [5.74, 6) is -0.372. The lowest BCUT2D eigenvalue weighted by Crippen LogP contribution is -2.56. The van der Waals surface area contributed by atoms with Crippen LogP contribution in [0.4, 0.5) is 0 Å². The third kappa shape index (κ3) is 8.45. The molecule has 0 spiro atoms. The van der Waals surface area contributed by atoms with Crippen LogP contribution in [0.1, 0.15) is 102 Å². The van der Waals surface area contributed by atoms with Crippen LogP contribution in [0.3, 0.4) is 0 Å². The topological polar surface area (TPSA) is 81.9 Å². The zero-order valence-electron chi connectivity index (χ0n) is 25.6. The molecule has 0 rings (SSSR count). The van der Waals surface area contributed by atoms with Gasteiger partial charge in [-0.2, -0.15) is 0 Å². The first-order valence-electron chi connectivity index (χ1n) is 13.2. The van der Waals surface area contributed by atoms with Crippen molar-refractivity contribution in [2.24, 2.45) is 38.2 Å². The number of likely N-dealkylation sites (N-methyl/N-ethyl adjacent to an activating group) is 1. The fourth-order valence-corrected chi connectivity index (χ4v) is 4.99. The number of hydrogen-bond donors (Lipinski definition) is 1. The van der Waals surface area contributed by atoms with Crippen LogP contribution in [0.15, 0.2) is 0 Å². The highest BCUT2D eigenvalue weighted by atomic mass is 16.5. The summed E-state index contributed by atoms with van der Waals surface area (Å²) >= 11 is 0. The number of carbonyl (C=O) groups excluding carboxylic acids is 2. The van der Waals surface area contributed by atoms with E-state index < -0.39 is 21.7 Å². The van der Waals surface area contributed by atoms with E-state index in [4.69, 9.17) is 15.2 Å². The van der Waals surface area contributed by atoms with Crippen molar-refractivity contribution in [2.45, 2.75) is 102 Å². The van der Waals surface area contributed by atoms with E-state index in [2.05, 4.69) is 69.2 Å². The van der Waals surface area contributed by atoms with E-state index >= 15 is 0 Å². The quantitative estimate of drug-likeness (QED) is 0.251. The van der Waals surface area contributed by atoms with Crippen molar-refractivity contribution in [1.29, 1.82) is 0 Å². The molecule has 0 aromatic rings. The van der Waals surface area contributed by atoms with E-state index in [1.54, 1.807) is 0 Å². The summed E-state index contributed by atoms with van der Waals surface area (Å²) < 4.78 is 11.6. The molecule has 6 nitrogen and oxygen atoms in total. The van der Waals surface area contributed by atoms with Crippen LogP contribution in [-0.4, -0.2) is 57.2 Å². The van der Waals surface area contributed by atoms with Crippen molar-refractivity contribution in [3.05, 3.63) is 0 Å². The van der Waals surface area contributed by atoms with Crippen LogP contribution in [0, 0.1) is 32.5 Å². The summed E-state index contributed by atoms with van der Waals surface area (Å²) in [7, 11) is 3.93. The first-order valence-corrected chi connectivity index (χ1v) is 13.2. The highest BCUT2D eigenvalue weighted by Gasteiger charge is 2.60. The Labute approximate surface area is 217 Å². The summed E-state index contributed by atoms with van der Waals surface area (Å²) in [5, 5.41) is 0. The minimum atomic E-state index is -0.767. The zero-order chi connectivity index (χ0) is 28.1. The lowest BCUT2D eigenvalue weighted by molar-refractivity contribution is -0.181. The summed E-state index contributed by atoms with van der Waals surface area (Å²) in [6, 6.07) is 0. The van der Waals surface area contributed by atoms with Gasteiger partial charge < -0.3 is 20.1 Å². The summed E-state index contributed by atoms with van der Waals surface area (Å²) in [6.07, 6.45) is 1.88. The molecule has 0 heterocycles. The van der Waals surface area contributed by atoms with Gasteiger partial charge >= 0.3 is 11.9 Å². The third-order valence-electron chi connectivity index (χ3n) is 8.66. The van der Waals surface area contributed by atoms with Gasteiger partial charge in [-0.25, -0.2) is 0 Å². The molecule has 2 unspecified atom stereocenters. The Morgan fingerprint density at radius 1 is 0.714 bits per heavy atom. The molecular formula is C29H58N2O4. The fourth-order valence-electron chi connectivity index (χ4n) is 4.99. The van der Waals surface area contributed by atoms with Crippen molar-refractivity contribution in [1.82, 2.24) is 4.90 Å². The van der Waals surface area contributed by atoms with Gasteiger partial charge in [-0.05, 0) is 75.4 Å². The fraction of sp³-hybridized carbons (Fsp3) is 0.931. The lowest BCUT2D eigenvalue weighted by Gasteiger charge is -2.56. The minimum Gasteiger partial charge on any atom is -0.465 e. The summed E-state index contributed by atoms with van der Waals surface area (Å²) in [5.41, 5.74) is 2.80. The second-order valence-electron chi connectivity index (χ2n) is 14.6. The minimum absolute atomic E-state index is 0.0899. The Bertz CT molecular complexity index is 700. The monoisotopic (exact) mass is 498 g/mol. The molecule has 0 bridgehead atoms. The van der Waals surface area contributed by atoms with E-state index in [0.717, 1.165) is 0 Å². The molecule has 0 saturated heterocycles. The van der Waals surface area contributed by atoms with Crippen LogP contribution in [0.2, 0.25) is 0 Å². The standard InChI is InChI=1S/C29H58N2O4/c1-24(2,3)20-29(12,23(33)34-18-15-16-30)27(9,10)26(7,8)21-28(11,25(4,5)6)22(32)35-19-17-31(13)14/h15-21,30H2,1-14H3. The zero-order valence-corrected chi connectivity index (χ0v) is 25.6. The molecule has 0 radical (unpaired) electrons. The predicted octanol–water partition coefficient (Wildman–Crippen LogP) is 5.92. The number of esters is 2. The number of nitrogens with zero attached hydrogens (tertiary/aromatic N) is 1. The molecule has 0 aromatic carbocycles. The van der Waals surface area contributed by atoms with Crippen LogP contribution < -0.4 is 5.73 Å². The van der Waals surface area contributed by atoms with E-state index in [9.17, 15) is 9.59 Å². The van der Waals surface area contributed by atoms with E-state index in [1.165, 1.54) is 0 Å². The molecule has 2 N–H and O–H groups in total. The van der Waals surface area contributed by atoms with E-state index in [0.29, 0.717) is 45.6 Å². The van der Waals surface area contributed by atoms with Crippen molar-refractivity contribution >= 4 is 11.9 Å². The van der Waals surface area contributed by atoms with Crippen molar-refractivity contribution in [3.63, 3.8) is 0 Å². The first-order chi connectivity index (χ1) is 15.5. The van der Waals surface area contributed by atoms with Crippen molar-refractivity contribution in [3.8, 4) is 0 Å². The predicted molar refractivity (Wildman–Crippen MR) is 146 cm³/mol.